The smallest absolute Gasteiger partial charge is 0.330 e. The fraction of sp³-hybridized carbons (Fsp3) is 0.167. The number of nitrogen functional groups attached to an aromatic ring is 1. The number of amides is 2. The Bertz CT molecular complexity index is 896. The molecule has 2 aromatic carbocycles. The van der Waals surface area contributed by atoms with Gasteiger partial charge < -0.3 is 21.7 Å². The molecule has 1 heterocycles. The summed E-state index contributed by atoms with van der Waals surface area (Å²) < 4.78 is 0. The lowest BCUT2D eigenvalue weighted by atomic mass is 9.85. The number of aliphatic carboxylic acids is 1. The molecule has 8 heteroatoms. The van der Waals surface area contributed by atoms with Crippen molar-refractivity contribution in [2.75, 3.05) is 17.2 Å². The minimum Gasteiger partial charge on any atom is -0.480 e. The zero-order valence-electron chi connectivity index (χ0n) is 13.7. The Hall–Kier alpha value is -3.23. The number of anilines is 2. The number of carbonyl (C=O) groups is 3. The monoisotopic (exact) mass is 355 g/mol. The highest BCUT2D eigenvalue weighted by Gasteiger charge is 2.38. The van der Waals surface area contributed by atoms with Crippen molar-refractivity contribution in [3.05, 3.63) is 48.0 Å². The lowest BCUT2D eigenvalue weighted by molar-refractivity contribution is -0.145. The summed E-state index contributed by atoms with van der Waals surface area (Å²) in [7, 11) is 0. The van der Waals surface area contributed by atoms with Gasteiger partial charge >= 0.3 is 5.97 Å². The topological polar surface area (TPSA) is 147 Å². The number of rotatable bonds is 5. The Balaban J connectivity index is 2.07. The molecule has 1 atom stereocenters. The first-order chi connectivity index (χ1) is 12.3. The third-order valence-electron chi connectivity index (χ3n) is 4.39. The maximum Gasteiger partial charge on any atom is 0.330 e. The third kappa shape index (κ3) is 2.71. The Kier molecular flexibility index (Phi) is 4.23. The molecule has 134 valence electrons. The van der Waals surface area contributed by atoms with Crippen LogP contribution in [0.25, 0.3) is 11.1 Å². The summed E-state index contributed by atoms with van der Waals surface area (Å²) in [5.74, 6) is -1.93. The van der Waals surface area contributed by atoms with Crippen molar-refractivity contribution in [3.8, 4) is 11.1 Å². The summed E-state index contributed by atoms with van der Waals surface area (Å²) in [5, 5.41) is 19.0. The number of nitrogens with two attached hydrogens (primary N) is 2. The van der Waals surface area contributed by atoms with Crippen molar-refractivity contribution < 1.29 is 24.6 Å². The van der Waals surface area contributed by atoms with Gasteiger partial charge in [-0.25, -0.2) is 9.69 Å². The number of aliphatic hydroxyl groups is 1. The van der Waals surface area contributed by atoms with Crippen LogP contribution in [0.15, 0.2) is 42.5 Å². The molecule has 0 bridgehead atoms. The molecule has 0 aliphatic carbocycles. The number of benzene rings is 2. The number of carbonyl (C=O) groups excluding carboxylic acids is 2. The molecule has 3 rings (SSSR count). The number of hydrogen-bond acceptors (Lipinski definition) is 6. The highest BCUT2D eigenvalue weighted by molar-refractivity contribution is 6.30. The van der Waals surface area contributed by atoms with Crippen LogP contribution >= 0.6 is 0 Å². The first kappa shape index (κ1) is 17.6. The van der Waals surface area contributed by atoms with Crippen LogP contribution in [0, 0.1) is 0 Å². The molecule has 8 nitrogen and oxygen atoms in total. The van der Waals surface area contributed by atoms with Crippen LogP contribution in [0.3, 0.4) is 0 Å². The SMILES string of the molecule is Nc1ccc(C(N)(CO)C(=O)O)c(-c2ccc(N3C(=O)CC3=O)cc2)c1. The van der Waals surface area contributed by atoms with Crippen LogP contribution in [0.5, 0.6) is 0 Å². The van der Waals surface area contributed by atoms with Crippen molar-refractivity contribution in [2.24, 2.45) is 5.73 Å². The van der Waals surface area contributed by atoms with Crippen molar-refractivity contribution in [1.29, 1.82) is 0 Å². The summed E-state index contributed by atoms with van der Waals surface area (Å²) >= 11 is 0. The van der Waals surface area contributed by atoms with E-state index in [2.05, 4.69) is 0 Å². The Morgan fingerprint density at radius 2 is 1.73 bits per heavy atom. The molecule has 2 amide bonds. The molecule has 2 aromatic rings. The summed E-state index contributed by atoms with van der Waals surface area (Å²) in [6.07, 6.45) is -0.105. The van der Waals surface area contributed by atoms with E-state index in [0.717, 1.165) is 4.90 Å². The number of β-lactam (4-membered cyclic amide) rings is 2. The molecule has 1 fully saturated rings. The van der Waals surface area contributed by atoms with Gasteiger partial charge in [0.25, 0.3) is 0 Å². The highest BCUT2D eigenvalue weighted by Crippen LogP contribution is 2.34. The molecule has 6 N–H and O–H groups in total. The van der Waals surface area contributed by atoms with Crippen LogP contribution in [0.4, 0.5) is 11.4 Å². The second kappa shape index (κ2) is 6.25. The first-order valence-corrected chi connectivity index (χ1v) is 7.77. The molecule has 1 saturated heterocycles. The summed E-state index contributed by atoms with van der Waals surface area (Å²) in [6, 6.07) is 10.9. The number of carboxylic acids is 1. The first-order valence-electron chi connectivity index (χ1n) is 7.77. The Morgan fingerprint density at radius 1 is 1.12 bits per heavy atom. The van der Waals surface area contributed by atoms with Gasteiger partial charge in [-0.1, -0.05) is 18.2 Å². The van der Waals surface area contributed by atoms with Gasteiger partial charge in [0, 0.05) is 5.69 Å². The molecule has 0 aromatic heterocycles. The standard InChI is InChI=1S/C18H17N3O5/c19-11-3-6-14(18(20,9-22)17(25)26)13(7-11)10-1-4-12(5-2-10)21-15(23)8-16(21)24/h1-7,22H,8-9,19-20H2,(H,25,26). The number of imide groups is 1. The summed E-state index contributed by atoms with van der Waals surface area (Å²) in [5.41, 5.74) is 11.8. The van der Waals surface area contributed by atoms with Crippen LogP contribution in [0.2, 0.25) is 0 Å². The second-order valence-corrected chi connectivity index (χ2v) is 6.09. The van der Waals surface area contributed by atoms with Crippen molar-refractivity contribution in [2.45, 2.75) is 12.0 Å². The predicted octanol–water partition coefficient (Wildman–Crippen LogP) is 0.430. The third-order valence-corrected chi connectivity index (χ3v) is 4.39. The number of carboxylic acid groups (broad SMARTS) is 1. The van der Waals surface area contributed by atoms with E-state index in [4.69, 9.17) is 11.5 Å². The Morgan fingerprint density at radius 3 is 2.23 bits per heavy atom. The van der Waals surface area contributed by atoms with E-state index in [9.17, 15) is 24.6 Å². The van der Waals surface area contributed by atoms with Crippen molar-refractivity contribution >= 4 is 29.2 Å². The second-order valence-electron chi connectivity index (χ2n) is 6.09. The van der Waals surface area contributed by atoms with E-state index in [1.807, 2.05) is 0 Å². The van der Waals surface area contributed by atoms with Gasteiger partial charge in [0.15, 0.2) is 5.54 Å². The molecule has 0 saturated carbocycles. The fourth-order valence-corrected chi connectivity index (χ4v) is 2.87. The van der Waals surface area contributed by atoms with Crippen LogP contribution in [-0.2, 0) is 19.9 Å². The highest BCUT2D eigenvalue weighted by atomic mass is 16.4. The molecule has 26 heavy (non-hydrogen) atoms. The van der Waals surface area contributed by atoms with Gasteiger partial charge in [0.1, 0.15) is 6.42 Å². The van der Waals surface area contributed by atoms with Gasteiger partial charge in [0.2, 0.25) is 11.8 Å². The molecular weight excluding hydrogens is 338 g/mol. The zero-order valence-corrected chi connectivity index (χ0v) is 13.7. The van der Waals surface area contributed by atoms with Crippen LogP contribution in [-0.4, -0.2) is 34.6 Å². The van der Waals surface area contributed by atoms with Gasteiger partial charge in [-0.2, -0.15) is 0 Å². The van der Waals surface area contributed by atoms with E-state index in [-0.39, 0.29) is 23.8 Å². The maximum absolute atomic E-state index is 11.6. The molecule has 0 radical (unpaired) electrons. The van der Waals surface area contributed by atoms with Crippen LogP contribution < -0.4 is 16.4 Å². The largest absolute Gasteiger partial charge is 0.480 e. The van der Waals surface area contributed by atoms with Gasteiger partial charge in [-0.15, -0.1) is 0 Å². The number of hydrogen-bond donors (Lipinski definition) is 4. The molecule has 1 unspecified atom stereocenters. The summed E-state index contributed by atoms with van der Waals surface area (Å²) in [6.45, 7) is -0.798. The quantitative estimate of drug-likeness (QED) is 0.345. The van der Waals surface area contributed by atoms with Crippen LogP contribution in [0.1, 0.15) is 12.0 Å². The van der Waals surface area contributed by atoms with Gasteiger partial charge in [-0.3, -0.25) is 9.59 Å². The van der Waals surface area contributed by atoms with Crippen molar-refractivity contribution in [1.82, 2.24) is 0 Å². The lowest BCUT2D eigenvalue weighted by Crippen LogP contribution is -2.49. The summed E-state index contributed by atoms with van der Waals surface area (Å²) in [4.78, 5) is 35.7. The lowest BCUT2D eigenvalue weighted by Gasteiger charge is -2.28. The molecule has 0 spiro atoms. The minimum atomic E-state index is -1.99. The van der Waals surface area contributed by atoms with Crippen molar-refractivity contribution in [3.63, 3.8) is 0 Å². The van der Waals surface area contributed by atoms with Gasteiger partial charge in [-0.05, 0) is 41.0 Å². The predicted molar refractivity (Wildman–Crippen MR) is 94.0 cm³/mol. The maximum atomic E-state index is 11.6. The van der Waals surface area contributed by atoms with Gasteiger partial charge in [0.05, 0.1) is 12.3 Å². The fourth-order valence-electron chi connectivity index (χ4n) is 2.87. The van der Waals surface area contributed by atoms with E-state index >= 15 is 0 Å². The van der Waals surface area contributed by atoms with E-state index in [0.29, 0.717) is 22.5 Å². The minimum absolute atomic E-state index is 0.105. The zero-order chi connectivity index (χ0) is 19.1. The van der Waals surface area contributed by atoms with E-state index in [1.54, 1.807) is 30.3 Å². The Labute approximate surface area is 148 Å². The van der Waals surface area contributed by atoms with E-state index < -0.39 is 18.1 Å². The average molecular weight is 355 g/mol. The molecule has 1 aliphatic rings. The molecular formula is C18H17N3O5. The number of aliphatic hydroxyl groups excluding tert-OH is 1. The van der Waals surface area contributed by atoms with E-state index in [1.165, 1.54) is 12.1 Å². The molecule has 1 aliphatic heterocycles. The average Bonchev–Trinajstić information content (AvgIpc) is 2.61. The normalized spacial score (nSPS) is 16.2. The number of nitrogens with zero attached hydrogens (tertiary/aromatic N) is 1.